The number of carbonyl (C=O) groups excluding carboxylic acids is 3. The molecule has 3 rings (SSSR count). The molecule has 0 aromatic heterocycles. The maximum absolute atomic E-state index is 12.5. The first kappa shape index (κ1) is 26.3. The normalized spacial score (nSPS) is 10.3. The number of aryl methyl sites for hydroxylation is 2. The quantitative estimate of drug-likeness (QED) is 0.429. The monoisotopic (exact) mass is 490 g/mol. The van der Waals surface area contributed by atoms with Gasteiger partial charge >= 0.3 is 5.97 Å². The lowest BCUT2D eigenvalue weighted by atomic mass is 10.1. The number of carbonyl (C=O) groups is 3. The zero-order valence-corrected chi connectivity index (χ0v) is 20.9. The average Bonchev–Trinajstić information content (AvgIpc) is 2.88. The largest absolute Gasteiger partial charge is 0.493 e. The van der Waals surface area contributed by atoms with Crippen LogP contribution in [0.1, 0.15) is 27.0 Å². The van der Waals surface area contributed by atoms with Gasteiger partial charge in [-0.2, -0.15) is 0 Å². The predicted octanol–water partition coefficient (Wildman–Crippen LogP) is 4.14. The average molecular weight is 491 g/mol. The molecule has 3 aromatic rings. The van der Waals surface area contributed by atoms with Crippen LogP contribution in [0.2, 0.25) is 0 Å². The van der Waals surface area contributed by atoms with Gasteiger partial charge in [0, 0.05) is 12.7 Å². The third kappa shape index (κ3) is 7.09. The van der Waals surface area contributed by atoms with E-state index in [0.29, 0.717) is 18.1 Å². The van der Waals surface area contributed by atoms with Gasteiger partial charge in [-0.05, 0) is 48.7 Å². The molecule has 0 spiro atoms. The van der Waals surface area contributed by atoms with Gasteiger partial charge in [0.1, 0.15) is 6.61 Å². The van der Waals surface area contributed by atoms with E-state index in [2.05, 4.69) is 5.32 Å². The van der Waals surface area contributed by atoms with Crippen molar-refractivity contribution in [2.45, 2.75) is 20.5 Å². The number of hydrogen-bond acceptors (Lipinski definition) is 6. The summed E-state index contributed by atoms with van der Waals surface area (Å²) in [6.45, 7) is 3.46. The molecule has 3 aromatic carbocycles. The van der Waals surface area contributed by atoms with Crippen LogP contribution in [0.25, 0.3) is 0 Å². The van der Waals surface area contributed by atoms with E-state index >= 15 is 0 Å². The molecule has 0 atom stereocenters. The summed E-state index contributed by atoms with van der Waals surface area (Å²) in [7, 11) is 2.95. The van der Waals surface area contributed by atoms with Crippen LogP contribution in [0, 0.1) is 13.8 Å². The maximum atomic E-state index is 12.5. The molecule has 188 valence electrons. The Bertz CT molecular complexity index is 1210. The topological polar surface area (TPSA) is 94.2 Å². The molecule has 0 aliphatic rings. The van der Waals surface area contributed by atoms with E-state index in [-0.39, 0.29) is 18.0 Å². The summed E-state index contributed by atoms with van der Waals surface area (Å²) in [5, 5.41) is 2.83. The molecule has 0 unspecified atom stereocenters. The molecule has 0 aliphatic heterocycles. The zero-order valence-electron chi connectivity index (χ0n) is 20.9. The standard InChI is InChI=1S/C28H30N2O6/c1-19-9-8-10-20(2)27(19)29-25(31)16-30(3)26(32)18-36-28(33)22-13-14-23(24(15-22)34-4)35-17-21-11-6-5-7-12-21/h5-15H,16-18H2,1-4H3,(H,29,31). The molecule has 8 heteroatoms. The number of likely N-dealkylation sites (N-methyl/N-ethyl adjacent to an activating group) is 1. The molecular weight excluding hydrogens is 460 g/mol. The van der Waals surface area contributed by atoms with Crippen molar-refractivity contribution in [1.82, 2.24) is 4.90 Å². The van der Waals surface area contributed by atoms with Crippen molar-refractivity contribution in [2.24, 2.45) is 0 Å². The number of methoxy groups -OCH3 is 1. The fourth-order valence-electron chi connectivity index (χ4n) is 3.46. The van der Waals surface area contributed by atoms with Crippen molar-refractivity contribution < 1.29 is 28.6 Å². The molecule has 0 saturated heterocycles. The molecule has 8 nitrogen and oxygen atoms in total. The van der Waals surface area contributed by atoms with Crippen molar-refractivity contribution in [3.8, 4) is 11.5 Å². The summed E-state index contributed by atoms with van der Waals surface area (Å²) in [5.41, 5.74) is 3.78. The Morgan fingerprint density at radius 1 is 0.889 bits per heavy atom. The fraction of sp³-hybridized carbons (Fsp3) is 0.250. The van der Waals surface area contributed by atoms with E-state index in [9.17, 15) is 14.4 Å². The van der Waals surface area contributed by atoms with E-state index in [1.807, 2.05) is 62.4 Å². The minimum atomic E-state index is -0.690. The number of hydrogen-bond donors (Lipinski definition) is 1. The first-order chi connectivity index (χ1) is 17.3. The SMILES string of the molecule is COc1cc(C(=O)OCC(=O)N(C)CC(=O)Nc2c(C)cccc2C)ccc1OCc1ccccc1. The summed E-state index contributed by atoms with van der Waals surface area (Å²) in [5.74, 6) is -0.694. The van der Waals surface area contributed by atoms with Crippen LogP contribution in [0.3, 0.4) is 0 Å². The van der Waals surface area contributed by atoms with Crippen LogP contribution in [-0.4, -0.2) is 50.0 Å². The van der Waals surface area contributed by atoms with Crippen molar-refractivity contribution in [3.63, 3.8) is 0 Å². The van der Waals surface area contributed by atoms with Gasteiger partial charge in [0.15, 0.2) is 18.1 Å². The molecule has 0 heterocycles. The van der Waals surface area contributed by atoms with E-state index in [1.54, 1.807) is 6.07 Å². The number of benzene rings is 3. The van der Waals surface area contributed by atoms with Gasteiger partial charge in [0.25, 0.3) is 5.91 Å². The Morgan fingerprint density at radius 3 is 2.25 bits per heavy atom. The number of ether oxygens (including phenoxy) is 3. The van der Waals surface area contributed by atoms with Gasteiger partial charge in [0.2, 0.25) is 5.91 Å². The van der Waals surface area contributed by atoms with Crippen LogP contribution < -0.4 is 14.8 Å². The van der Waals surface area contributed by atoms with Crippen LogP contribution in [0.5, 0.6) is 11.5 Å². The molecule has 1 N–H and O–H groups in total. The molecule has 2 amide bonds. The van der Waals surface area contributed by atoms with Crippen molar-refractivity contribution in [3.05, 3.63) is 89.0 Å². The molecule has 0 fully saturated rings. The third-order valence-corrected chi connectivity index (χ3v) is 5.52. The molecule has 36 heavy (non-hydrogen) atoms. The summed E-state index contributed by atoms with van der Waals surface area (Å²) >= 11 is 0. The van der Waals surface area contributed by atoms with E-state index in [0.717, 1.165) is 22.4 Å². The van der Waals surface area contributed by atoms with Crippen molar-refractivity contribution in [1.29, 1.82) is 0 Å². The highest BCUT2D eigenvalue weighted by molar-refractivity contribution is 5.96. The molecular formula is C28H30N2O6. The lowest BCUT2D eigenvalue weighted by Crippen LogP contribution is -2.37. The molecule has 0 saturated carbocycles. The summed E-state index contributed by atoms with van der Waals surface area (Å²) in [6, 6.07) is 20.0. The molecule has 0 bridgehead atoms. The Labute approximate surface area is 210 Å². The number of rotatable bonds is 10. The van der Waals surface area contributed by atoms with Gasteiger partial charge in [-0.3, -0.25) is 9.59 Å². The Morgan fingerprint density at radius 2 is 1.58 bits per heavy atom. The highest BCUT2D eigenvalue weighted by atomic mass is 16.5. The lowest BCUT2D eigenvalue weighted by molar-refractivity contribution is -0.136. The Hall–Kier alpha value is -4.33. The minimum Gasteiger partial charge on any atom is -0.493 e. The van der Waals surface area contributed by atoms with Gasteiger partial charge in [0.05, 0.1) is 19.2 Å². The first-order valence-corrected chi connectivity index (χ1v) is 11.4. The summed E-state index contributed by atoms with van der Waals surface area (Å²) in [4.78, 5) is 38.5. The Kier molecular flexibility index (Phi) is 9.05. The number of esters is 1. The minimum absolute atomic E-state index is 0.175. The van der Waals surface area contributed by atoms with Crippen LogP contribution in [0.4, 0.5) is 5.69 Å². The number of para-hydroxylation sites is 1. The van der Waals surface area contributed by atoms with Crippen LogP contribution in [-0.2, 0) is 20.9 Å². The van der Waals surface area contributed by atoms with Gasteiger partial charge < -0.3 is 24.4 Å². The summed E-state index contributed by atoms with van der Waals surface area (Å²) < 4.78 is 16.3. The Balaban J connectivity index is 1.52. The second-order valence-corrected chi connectivity index (χ2v) is 8.28. The molecule has 0 aliphatic carbocycles. The smallest absolute Gasteiger partial charge is 0.338 e. The highest BCUT2D eigenvalue weighted by Crippen LogP contribution is 2.29. The fourth-order valence-corrected chi connectivity index (χ4v) is 3.46. The first-order valence-electron chi connectivity index (χ1n) is 11.4. The van der Waals surface area contributed by atoms with E-state index in [4.69, 9.17) is 14.2 Å². The van der Waals surface area contributed by atoms with Crippen molar-refractivity contribution >= 4 is 23.5 Å². The number of amides is 2. The van der Waals surface area contributed by atoms with E-state index in [1.165, 1.54) is 31.2 Å². The lowest BCUT2D eigenvalue weighted by Gasteiger charge is -2.18. The van der Waals surface area contributed by atoms with E-state index < -0.39 is 18.5 Å². The second kappa shape index (κ2) is 12.4. The van der Waals surface area contributed by atoms with Crippen LogP contribution >= 0.6 is 0 Å². The number of nitrogens with one attached hydrogen (secondary N) is 1. The zero-order chi connectivity index (χ0) is 26.1. The predicted molar refractivity (Wildman–Crippen MR) is 136 cm³/mol. The van der Waals surface area contributed by atoms with Crippen molar-refractivity contribution in [2.75, 3.05) is 32.6 Å². The van der Waals surface area contributed by atoms with Gasteiger partial charge in [-0.1, -0.05) is 48.5 Å². The third-order valence-electron chi connectivity index (χ3n) is 5.52. The van der Waals surface area contributed by atoms with Gasteiger partial charge in [-0.15, -0.1) is 0 Å². The number of anilines is 1. The van der Waals surface area contributed by atoms with Gasteiger partial charge in [-0.25, -0.2) is 4.79 Å². The second-order valence-electron chi connectivity index (χ2n) is 8.28. The number of nitrogens with zero attached hydrogens (tertiary/aromatic N) is 1. The maximum Gasteiger partial charge on any atom is 0.338 e. The van der Waals surface area contributed by atoms with Crippen LogP contribution in [0.15, 0.2) is 66.7 Å². The highest BCUT2D eigenvalue weighted by Gasteiger charge is 2.18. The summed E-state index contributed by atoms with van der Waals surface area (Å²) in [6.07, 6.45) is 0. The molecule has 0 radical (unpaired) electrons.